The van der Waals surface area contributed by atoms with Crippen LogP contribution in [-0.2, 0) is 0 Å². The van der Waals surface area contributed by atoms with Crippen LogP contribution < -0.4 is 0 Å². The van der Waals surface area contributed by atoms with E-state index in [1.807, 2.05) is 38.3 Å². The van der Waals surface area contributed by atoms with Crippen molar-refractivity contribution in [2.45, 2.75) is 13.8 Å². The summed E-state index contributed by atoms with van der Waals surface area (Å²) in [7, 11) is 0. The fraction of sp³-hybridized carbons (Fsp3) is 0.182. The molecule has 1 heterocycles. The number of pyridine rings is 1. The molecule has 0 unspecified atom stereocenters. The van der Waals surface area contributed by atoms with Crippen molar-refractivity contribution >= 4 is 11.6 Å². The molecule has 0 aliphatic rings. The van der Waals surface area contributed by atoms with Crippen LogP contribution in [0.15, 0.2) is 31.1 Å². The van der Waals surface area contributed by atoms with Gasteiger partial charge in [0.2, 0.25) is 0 Å². The summed E-state index contributed by atoms with van der Waals surface area (Å²) < 4.78 is 0. The smallest absolute Gasteiger partial charge is 0.0346 e. The van der Waals surface area contributed by atoms with Crippen LogP contribution in [0.25, 0.3) is 11.6 Å². The fourth-order valence-corrected chi connectivity index (χ4v) is 1.11. The van der Waals surface area contributed by atoms with Gasteiger partial charge in [0.25, 0.3) is 0 Å². The van der Waals surface area contributed by atoms with Crippen molar-refractivity contribution in [3.8, 4) is 0 Å². The average Bonchev–Trinajstić information content (AvgIpc) is 2.05. The zero-order valence-corrected chi connectivity index (χ0v) is 7.54. The summed E-state index contributed by atoms with van der Waals surface area (Å²) in [5, 5.41) is 0. The lowest BCUT2D eigenvalue weighted by Crippen LogP contribution is -1.85. The third-order valence-electron chi connectivity index (χ3n) is 1.66. The molecule has 1 rings (SSSR count). The fourth-order valence-electron chi connectivity index (χ4n) is 1.11. The van der Waals surface area contributed by atoms with E-state index >= 15 is 0 Å². The lowest BCUT2D eigenvalue weighted by molar-refractivity contribution is 1.30. The van der Waals surface area contributed by atoms with E-state index in [2.05, 4.69) is 11.6 Å². The Morgan fingerprint density at radius 3 is 2.92 bits per heavy atom. The highest BCUT2D eigenvalue weighted by atomic mass is 14.6. The van der Waals surface area contributed by atoms with Crippen molar-refractivity contribution in [3.05, 3.63) is 42.2 Å². The summed E-state index contributed by atoms with van der Waals surface area (Å²) in [6, 6.07) is 1.98. The molecule has 0 fully saturated rings. The van der Waals surface area contributed by atoms with Crippen LogP contribution in [0.4, 0.5) is 0 Å². The van der Waals surface area contributed by atoms with Gasteiger partial charge < -0.3 is 0 Å². The van der Waals surface area contributed by atoms with E-state index in [0.29, 0.717) is 0 Å². The average molecular weight is 159 g/mol. The molecule has 0 N–H and O–H groups in total. The summed E-state index contributed by atoms with van der Waals surface area (Å²) in [5.74, 6) is 0. The van der Waals surface area contributed by atoms with E-state index in [9.17, 15) is 0 Å². The molecular formula is C11H13N. The van der Waals surface area contributed by atoms with Gasteiger partial charge in [-0.15, -0.1) is 0 Å². The molecule has 0 saturated carbocycles. The summed E-state index contributed by atoms with van der Waals surface area (Å²) in [6.45, 7) is 7.90. The predicted octanol–water partition coefficient (Wildman–Crippen LogP) is 3.15. The number of nitrogens with zero attached hydrogens (tertiary/aromatic N) is 1. The summed E-state index contributed by atoms with van der Waals surface area (Å²) >= 11 is 0. The second-order valence-electron chi connectivity index (χ2n) is 2.74. The molecule has 1 aromatic heterocycles. The molecule has 1 aromatic rings. The van der Waals surface area contributed by atoms with Crippen molar-refractivity contribution in [3.63, 3.8) is 0 Å². The number of allylic oxidation sites excluding steroid dienone is 2. The van der Waals surface area contributed by atoms with Crippen molar-refractivity contribution in [2.24, 2.45) is 0 Å². The molecule has 12 heavy (non-hydrogen) atoms. The Kier molecular flexibility index (Phi) is 2.81. The first-order chi connectivity index (χ1) is 5.75. The maximum atomic E-state index is 4.05. The molecule has 0 aromatic carbocycles. The van der Waals surface area contributed by atoms with Gasteiger partial charge in [-0.3, -0.25) is 4.98 Å². The minimum Gasteiger partial charge on any atom is -0.264 e. The molecule has 0 spiro atoms. The molecule has 1 nitrogen and oxygen atoms in total. The van der Waals surface area contributed by atoms with E-state index in [0.717, 1.165) is 11.1 Å². The van der Waals surface area contributed by atoms with Crippen molar-refractivity contribution in [1.29, 1.82) is 0 Å². The standard InChI is InChI=1S/C11H13N/c1-4-5-10-8-12-7-6-11(10)9(2)3/h4-8H,2H2,1,3H3/b5-4-. The van der Waals surface area contributed by atoms with Gasteiger partial charge in [-0.2, -0.15) is 0 Å². The van der Waals surface area contributed by atoms with E-state index in [1.165, 1.54) is 5.56 Å². The highest BCUT2D eigenvalue weighted by molar-refractivity contribution is 5.70. The monoisotopic (exact) mass is 159 g/mol. The second-order valence-corrected chi connectivity index (χ2v) is 2.74. The number of hydrogen-bond acceptors (Lipinski definition) is 1. The van der Waals surface area contributed by atoms with Crippen molar-refractivity contribution in [1.82, 2.24) is 4.98 Å². The first kappa shape index (κ1) is 8.72. The van der Waals surface area contributed by atoms with Gasteiger partial charge in [0, 0.05) is 12.4 Å². The Morgan fingerprint density at radius 2 is 2.33 bits per heavy atom. The molecular weight excluding hydrogens is 146 g/mol. The number of aromatic nitrogens is 1. The molecule has 0 aliphatic carbocycles. The third-order valence-corrected chi connectivity index (χ3v) is 1.66. The van der Waals surface area contributed by atoms with Crippen molar-refractivity contribution in [2.75, 3.05) is 0 Å². The van der Waals surface area contributed by atoms with Gasteiger partial charge in [0.15, 0.2) is 0 Å². The number of rotatable bonds is 2. The second kappa shape index (κ2) is 3.86. The van der Waals surface area contributed by atoms with E-state index in [1.54, 1.807) is 6.20 Å². The normalized spacial score (nSPS) is 10.5. The lowest BCUT2D eigenvalue weighted by Gasteiger charge is -2.02. The van der Waals surface area contributed by atoms with Crippen LogP contribution in [0.1, 0.15) is 25.0 Å². The molecule has 0 radical (unpaired) electrons. The van der Waals surface area contributed by atoms with Crippen LogP contribution in [0, 0.1) is 0 Å². The first-order valence-electron chi connectivity index (χ1n) is 3.98. The Hall–Kier alpha value is -1.37. The Bertz CT molecular complexity index is 311. The Labute approximate surface area is 73.5 Å². The highest BCUT2D eigenvalue weighted by Gasteiger charge is 1.97. The van der Waals surface area contributed by atoms with Gasteiger partial charge in [-0.25, -0.2) is 0 Å². The lowest BCUT2D eigenvalue weighted by atomic mass is 10.0. The summed E-state index contributed by atoms with van der Waals surface area (Å²) in [6.07, 6.45) is 7.68. The molecule has 0 bridgehead atoms. The largest absolute Gasteiger partial charge is 0.264 e. The maximum Gasteiger partial charge on any atom is 0.0346 e. The van der Waals surface area contributed by atoms with Gasteiger partial charge in [-0.05, 0) is 31.0 Å². The van der Waals surface area contributed by atoms with E-state index < -0.39 is 0 Å². The van der Waals surface area contributed by atoms with Crippen molar-refractivity contribution < 1.29 is 0 Å². The van der Waals surface area contributed by atoms with Gasteiger partial charge in [0.1, 0.15) is 0 Å². The molecule has 0 aliphatic heterocycles. The summed E-state index contributed by atoms with van der Waals surface area (Å²) in [5.41, 5.74) is 3.38. The zero-order valence-electron chi connectivity index (χ0n) is 7.54. The van der Waals surface area contributed by atoms with Crippen LogP contribution >= 0.6 is 0 Å². The molecule has 0 saturated heterocycles. The minimum absolute atomic E-state index is 1.07. The minimum atomic E-state index is 1.07. The van der Waals surface area contributed by atoms with Crippen LogP contribution in [-0.4, -0.2) is 4.98 Å². The maximum absolute atomic E-state index is 4.05. The summed E-state index contributed by atoms with van der Waals surface area (Å²) in [4.78, 5) is 4.05. The van der Waals surface area contributed by atoms with E-state index in [-0.39, 0.29) is 0 Å². The predicted molar refractivity (Wildman–Crippen MR) is 53.7 cm³/mol. The Balaban J connectivity index is 3.17. The third kappa shape index (κ3) is 1.82. The van der Waals surface area contributed by atoms with Gasteiger partial charge >= 0.3 is 0 Å². The topological polar surface area (TPSA) is 12.9 Å². The van der Waals surface area contributed by atoms with Gasteiger partial charge in [-0.1, -0.05) is 24.3 Å². The van der Waals surface area contributed by atoms with E-state index in [4.69, 9.17) is 0 Å². The van der Waals surface area contributed by atoms with Crippen LogP contribution in [0.3, 0.4) is 0 Å². The molecule has 62 valence electrons. The molecule has 0 atom stereocenters. The zero-order chi connectivity index (χ0) is 8.97. The SMILES string of the molecule is C=C(C)c1ccncc1/C=C\C. The first-order valence-corrected chi connectivity index (χ1v) is 3.98. The number of hydrogen-bond donors (Lipinski definition) is 0. The van der Waals surface area contributed by atoms with Gasteiger partial charge in [0.05, 0.1) is 0 Å². The molecule has 0 amide bonds. The van der Waals surface area contributed by atoms with Crippen LogP contribution in [0.2, 0.25) is 0 Å². The quantitative estimate of drug-likeness (QED) is 0.646. The van der Waals surface area contributed by atoms with Crippen LogP contribution in [0.5, 0.6) is 0 Å². The highest BCUT2D eigenvalue weighted by Crippen LogP contribution is 2.16. The Morgan fingerprint density at radius 1 is 1.58 bits per heavy atom. The molecule has 1 heteroatoms.